The molecule has 1 aliphatic rings. The third-order valence-electron chi connectivity index (χ3n) is 3.45. The molecule has 1 fully saturated rings. The molecule has 0 amide bonds. The fourth-order valence-corrected chi connectivity index (χ4v) is 1.97. The Morgan fingerprint density at radius 3 is 2.61 bits per heavy atom. The lowest BCUT2D eigenvalue weighted by Crippen LogP contribution is -2.44. The van der Waals surface area contributed by atoms with Crippen LogP contribution in [0.15, 0.2) is 15.1 Å². The molecule has 0 unspecified atom stereocenters. The minimum absolute atomic E-state index is 0.303. The first-order valence-corrected chi connectivity index (χ1v) is 6.18. The van der Waals surface area contributed by atoms with E-state index in [2.05, 4.69) is 15.3 Å². The van der Waals surface area contributed by atoms with E-state index in [4.69, 9.17) is 14.8 Å². The summed E-state index contributed by atoms with van der Waals surface area (Å²) in [6.45, 7) is 4.09. The highest BCUT2D eigenvalue weighted by Gasteiger charge is 2.39. The minimum Gasteiger partial charge on any atom is -0.351 e. The van der Waals surface area contributed by atoms with Crippen LogP contribution in [0, 0.1) is 0 Å². The molecule has 96 valence electrons. The molecule has 2 N–H and O–H groups in total. The van der Waals surface area contributed by atoms with Gasteiger partial charge in [0.05, 0.1) is 11.2 Å². The molecule has 0 spiro atoms. The van der Waals surface area contributed by atoms with Gasteiger partial charge in [0, 0.05) is 6.07 Å². The predicted molar refractivity (Wildman–Crippen MR) is 63.6 cm³/mol. The van der Waals surface area contributed by atoms with Crippen molar-refractivity contribution >= 4 is 0 Å². The standard InChI is InChI=1S/C12H16N4O2/c1-7(2)8-6-9(17-15-8)10-14-11(16-18-10)12(13)4-3-5-12/h6-7H,3-5,13H2,1-2H3. The molecule has 0 saturated heterocycles. The van der Waals surface area contributed by atoms with Crippen LogP contribution in [0.2, 0.25) is 0 Å². The maximum Gasteiger partial charge on any atom is 0.296 e. The van der Waals surface area contributed by atoms with Crippen LogP contribution in [0.25, 0.3) is 11.7 Å². The molecule has 3 rings (SSSR count). The van der Waals surface area contributed by atoms with Gasteiger partial charge in [-0.25, -0.2) is 0 Å². The van der Waals surface area contributed by atoms with E-state index in [1.54, 1.807) is 0 Å². The van der Waals surface area contributed by atoms with Crippen LogP contribution < -0.4 is 5.73 Å². The molecule has 6 heteroatoms. The summed E-state index contributed by atoms with van der Waals surface area (Å²) in [6, 6.07) is 1.83. The van der Waals surface area contributed by atoms with E-state index >= 15 is 0 Å². The third kappa shape index (κ3) is 1.73. The van der Waals surface area contributed by atoms with Crippen molar-refractivity contribution in [2.24, 2.45) is 5.73 Å². The van der Waals surface area contributed by atoms with Crippen LogP contribution in [0.1, 0.15) is 50.5 Å². The first-order valence-electron chi connectivity index (χ1n) is 6.18. The molecule has 2 aromatic rings. The summed E-state index contributed by atoms with van der Waals surface area (Å²) in [5.41, 5.74) is 6.59. The first-order chi connectivity index (χ1) is 8.58. The molecule has 0 bridgehead atoms. The fraction of sp³-hybridized carbons (Fsp3) is 0.583. The van der Waals surface area contributed by atoms with Crippen molar-refractivity contribution < 1.29 is 9.05 Å². The first kappa shape index (κ1) is 11.4. The second kappa shape index (κ2) is 3.91. The summed E-state index contributed by atoms with van der Waals surface area (Å²) in [4.78, 5) is 4.31. The Balaban J connectivity index is 1.88. The van der Waals surface area contributed by atoms with Gasteiger partial charge in [-0.05, 0) is 25.2 Å². The lowest BCUT2D eigenvalue weighted by Gasteiger charge is -2.34. The summed E-state index contributed by atoms with van der Waals surface area (Å²) in [5.74, 6) is 1.71. The van der Waals surface area contributed by atoms with Crippen molar-refractivity contribution in [3.05, 3.63) is 17.6 Å². The molecule has 1 saturated carbocycles. The average molecular weight is 248 g/mol. The van der Waals surface area contributed by atoms with Crippen molar-refractivity contribution in [2.75, 3.05) is 0 Å². The molecule has 1 aliphatic carbocycles. The van der Waals surface area contributed by atoms with Gasteiger partial charge in [-0.1, -0.05) is 24.2 Å². The highest BCUT2D eigenvalue weighted by atomic mass is 16.5. The van der Waals surface area contributed by atoms with Gasteiger partial charge in [0.1, 0.15) is 0 Å². The molecule has 6 nitrogen and oxygen atoms in total. The van der Waals surface area contributed by atoms with Gasteiger partial charge in [0.2, 0.25) is 5.76 Å². The summed E-state index contributed by atoms with van der Waals surface area (Å²) in [6.07, 6.45) is 2.92. The summed E-state index contributed by atoms with van der Waals surface area (Å²) in [5, 5.41) is 7.91. The Morgan fingerprint density at radius 2 is 2.06 bits per heavy atom. The van der Waals surface area contributed by atoms with E-state index in [9.17, 15) is 0 Å². The van der Waals surface area contributed by atoms with Gasteiger partial charge < -0.3 is 14.8 Å². The number of nitrogens with zero attached hydrogens (tertiary/aromatic N) is 3. The molecular formula is C12H16N4O2. The quantitative estimate of drug-likeness (QED) is 0.895. The summed E-state index contributed by atoms with van der Waals surface area (Å²) >= 11 is 0. The van der Waals surface area contributed by atoms with Gasteiger partial charge in [-0.2, -0.15) is 4.98 Å². The van der Waals surface area contributed by atoms with Crippen LogP contribution in [-0.4, -0.2) is 15.3 Å². The molecule has 0 radical (unpaired) electrons. The second-order valence-electron chi connectivity index (χ2n) is 5.20. The monoisotopic (exact) mass is 248 g/mol. The number of nitrogens with two attached hydrogens (primary N) is 1. The molecule has 18 heavy (non-hydrogen) atoms. The average Bonchev–Trinajstić information content (AvgIpc) is 2.94. The Labute approximate surface area is 105 Å². The van der Waals surface area contributed by atoms with E-state index in [-0.39, 0.29) is 0 Å². The van der Waals surface area contributed by atoms with Crippen molar-refractivity contribution in [1.82, 2.24) is 15.3 Å². The van der Waals surface area contributed by atoms with E-state index in [1.807, 2.05) is 19.9 Å². The van der Waals surface area contributed by atoms with E-state index in [0.717, 1.165) is 25.0 Å². The maximum atomic E-state index is 6.14. The molecule has 0 aromatic carbocycles. The van der Waals surface area contributed by atoms with E-state index in [0.29, 0.717) is 23.4 Å². The highest BCUT2D eigenvalue weighted by Crippen LogP contribution is 2.37. The molecular weight excluding hydrogens is 232 g/mol. The van der Waals surface area contributed by atoms with Gasteiger partial charge in [0.25, 0.3) is 5.89 Å². The number of rotatable bonds is 3. The third-order valence-corrected chi connectivity index (χ3v) is 3.45. The Kier molecular flexibility index (Phi) is 2.48. The van der Waals surface area contributed by atoms with Gasteiger partial charge in [0.15, 0.2) is 5.82 Å². The normalized spacial score (nSPS) is 18.0. The fourth-order valence-electron chi connectivity index (χ4n) is 1.97. The van der Waals surface area contributed by atoms with Crippen molar-refractivity contribution in [3.63, 3.8) is 0 Å². The van der Waals surface area contributed by atoms with Crippen LogP contribution >= 0.6 is 0 Å². The van der Waals surface area contributed by atoms with Crippen LogP contribution in [0.3, 0.4) is 0 Å². The topological polar surface area (TPSA) is 91.0 Å². The van der Waals surface area contributed by atoms with Crippen molar-refractivity contribution in [3.8, 4) is 11.7 Å². The molecule has 0 atom stereocenters. The summed E-state index contributed by atoms with van der Waals surface area (Å²) in [7, 11) is 0. The van der Waals surface area contributed by atoms with E-state index in [1.165, 1.54) is 0 Å². The Morgan fingerprint density at radius 1 is 1.28 bits per heavy atom. The number of hydrogen-bond acceptors (Lipinski definition) is 6. The highest BCUT2D eigenvalue weighted by molar-refractivity contribution is 5.44. The largest absolute Gasteiger partial charge is 0.351 e. The lowest BCUT2D eigenvalue weighted by atomic mass is 9.77. The number of hydrogen-bond donors (Lipinski definition) is 1. The van der Waals surface area contributed by atoms with Gasteiger partial charge in [-0.15, -0.1) is 0 Å². The van der Waals surface area contributed by atoms with Crippen LogP contribution in [-0.2, 0) is 5.54 Å². The van der Waals surface area contributed by atoms with Crippen molar-refractivity contribution in [2.45, 2.75) is 44.6 Å². The molecule has 2 aromatic heterocycles. The molecule has 0 aliphatic heterocycles. The van der Waals surface area contributed by atoms with Crippen LogP contribution in [0.4, 0.5) is 0 Å². The zero-order valence-electron chi connectivity index (χ0n) is 10.5. The Hall–Kier alpha value is -1.69. The van der Waals surface area contributed by atoms with Gasteiger partial charge >= 0.3 is 0 Å². The zero-order valence-corrected chi connectivity index (χ0v) is 10.5. The van der Waals surface area contributed by atoms with Crippen molar-refractivity contribution in [1.29, 1.82) is 0 Å². The Bertz CT molecular complexity index is 554. The SMILES string of the molecule is CC(C)c1cc(-c2nc(C3(N)CCC3)no2)on1. The zero-order chi connectivity index (χ0) is 12.8. The predicted octanol–water partition coefficient (Wildman–Crippen LogP) is 2.19. The van der Waals surface area contributed by atoms with E-state index < -0.39 is 5.54 Å². The van der Waals surface area contributed by atoms with Gasteiger partial charge in [-0.3, -0.25) is 0 Å². The molecule has 2 heterocycles. The minimum atomic E-state index is -0.414. The number of aromatic nitrogens is 3. The smallest absolute Gasteiger partial charge is 0.296 e. The van der Waals surface area contributed by atoms with Crippen LogP contribution in [0.5, 0.6) is 0 Å². The maximum absolute atomic E-state index is 6.14. The second-order valence-corrected chi connectivity index (χ2v) is 5.20. The summed E-state index contributed by atoms with van der Waals surface area (Å²) < 4.78 is 10.4. The lowest BCUT2D eigenvalue weighted by molar-refractivity contribution is 0.229.